The molecule has 0 unspecified atom stereocenters. The molecule has 3 rings (SSSR count). The molecule has 6 nitrogen and oxygen atoms in total. The summed E-state index contributed by atoms with van der Waals surface area (Å²) in [5, 5.41) is 1.21. The Kier molecular flexibility index (Phi) is 9.35. The van der Waals surface area contributed by atoms with E-state index in [2.05, 4.69) is 11.8 Å². The summed E-state index contributed by atoms with van der Waals surface area (Å²) in [6.45, 7) is 4.27. The lowest BCUT2D eigenvalue weighted by atomic mass is 10.2. The standard InChI is InChI=1S/C25H32ClN3O3S/c1-5-6-7-17-32-19-11-9-18(10-12-19)24(30)29(16-8-15-28(2)3)25-27-22-21(31-4)14-13-20(26)23(22)33-25/h9-14H,5-8,15-17H2,1-4H3. The number of anilines is 1. The lowest BCUT2D eigenvalue weighted by Gasteiger charge is -2.21. The molecule has 0 saturated heterocycles. The zero-order chi connectivity index (χ0) is 23.8. The molecule has 0 bridgehead atoms. The largest absolute Gasteiger partial charge is 0.494 e. The van der Waals surface area contributed by atoms with Crippen molar-refractivity contribution < 1.29 is 14.3 Å². The zero-order valence-corrected chi connectivity index (χ0v) is 21.3. The smallest absolute Gasteiger partial charge is 0.260 e. The van der Waals surface area contributed by atoms with Crippen LogP contribution in [0.15, 0.2) is 36.4 Å². The number of ether oxygens (including phenoxy) is 2. The average Bonchev–Trinajstić information content (AvgIpc) is 3.26. The lowest BCUT2D eigenvalue weighted by molar-refractivity contribution is 0.0986. The molecule has 0 fully saturated rings. The second-order valence-electron chi connectivity index (χ2n) is 8.12. The maximum Gasteiger partial charge on any atom is 0.260 e. The molecule has 1 amide bonds. The van der Waals surface area contributed by atoms with Crippen LogP contribution in [0.3, 0.4) is 0 Å². The summed E-state index contributed by atoms with van der Waals surface area (Å²) in [4.78, 5) is 22.1. The molecule has 0 aliphatic carbocycles. The number of fused-ring (bicyclic) bond motifs is 1. The van der Waals surface area contributed by atoms with E-state index in [4.69, 9.17) is 26.1 Å². The molecular weight excluding hydrogens is 458 g/mol. The number of aromatic nitrogens is 1. The van der Waals surface area contributed by atoms with E-state index in [0.29, 0.717) is 40.1 Å². The fraction of sp³-hybridized carbons (Fsp3) is 0.440. The van der Waals surface area contributed by atoms with Gasteiger partial charge in [0.2, 0.25) is 0 Å². The molecule has 2 aromatic carbocycles. The molecule has 3 aromatic rings. The minimum Gasteiger partial charge on any atom is -0.494 e. The number of hydrogen-bond donors (Lipinski definition) is 0. The van der Waals surface area contributed by atoms with Gasteiger partial charge in [0, 0.05) is 12.1 Å². The van der Waals surface area contributed by atoms with Gasteiger partial charge in [0.1, 0.15) is 17.0 Å². The SMILES string of the molecule is CCCCCOc1ccc(C(=O)N(CCCN(C)C)c2nc3c(OC)ccc(Cl)c3s2)cc1. The van der Waals surface area contributed by atoms with E-state index in [1.54, 1.807) is 24.1 Å². The van der Waals surface area contributed by atoms with Crippen molar-refractivity contribution >= 4 is 44.2 Å². The van der Waals surface area contributed by atoms with Crippen LogP contribution in [0, 0.1) is 0 Å². The van der Waals surface area contributed by atoms with E-state index >= 15 is 0 Å². The van der Waals surface area contributed by atoms with E-state index in [-0.39, 0.29) is 5.91 Å². The van der Waals surface area contributed by atoms with Crippen molar-refractivity contribution in [1.29, 1.82) is 0 Å². The summed E-state index contributed by atoms with van der Waals surface area (Å²) in [6, 6.07) is 10.9. The van der Waals surface area contributed by atoms with Crippen LogP contribution in [-0.2, 0) is 0 Å². The molecular formula is C25H32ClN3O3S. The van der Waals surface area contributed by atoms with Crippen molar-refractivity contribution in [2.24, 2.45) is 0 Å². The fourth-order valence-electron chi connectivity index (χ4n) is 3.44. The predicted octanol–water partition coefficient (Wildman–Crippen LogP) is 6.13. The second kappa shape index (κ2) is 12.2. The third-order valence-electron chi connectivity index (χ3n) is 5.25. The quantitative estimate of drug-likeness (QED) is 0.286. The molecule has 33 heavy (non-hydrogen) atoms. The van der Waals surface area contributed by atoms with Crippen molar-refractivity contribution in [3.05, 3.63) is 47.0 Å². The number of methoxy groups -OCH3 is 1. The number of carbonyl (C=O) groups is 1. The van der Waals surface area contributed by atoms with Crippen LogP contribution in [0.25, 0.3) is 10.2 Å². The molecule has 8 heteroatoms. The topological polar surface area (TPSA) is 54.9 Å². The van der Waals surface area contributed by atoms with Gasteiger partial charge in [0.15, 0.2) is 5.13 Å². The van der Waals surface area contributed by atoms with Gasteiger partial charge in [-0.2, -0.15) is 0 Å². The second-order valence-corrected chi connectivity index (χ2v) is 9.50. The van der Waals surface area contributed by atoms with Crippen LogP contribution in [0.2, 0.25) is 5.02 Å². The molecule has 178 valence electrons. The number of benzene rings is 2. The Labute approximate surface area is 205 Å². The number of amides is 1. The molecule has 0 spiro atoms. The zero-order valence-electron chi connectivity index (χ0n) is 19.8. The number of nitrogens with zero attached hydrogens (tertiary/aromatic N) is 3. The van der Waals surface area contributed by atoms with Gasteiger partial charge in [0.05, 0.1) is 23.4 Å². The Balaban J connectivity index is 1.85. The number of hydrogen-bond acceptors (Lipinski definition) is 6. The Morgan fingerprint density at radius 2 is 1.82 bits per heavy atom. The van der Waals surface area contributed by atoms with Gasteiger partial charge >= 0.3 is 0 Å². The van der Waals surface area contributed by atoms with Gasteiger partial charge in [-0.05, 0) is 69.9 Å². The molecule has 0 N–H and O–H groups in total. The maximum absolute atomic E-state index is 13.5. The molecule has 0 aliphatic rings. The molecule has 1 aromatic heterocycles. The first-order valence-electron chi connectivity index (χ1n) is 11.3. The summed E-state index contributed by atoms with van der Waals surface area (Å²) >= 11 is 7.82. The van der Waals surface area contributed by atoms with Crippen molar-refractivity contribution in [2.45, 2.75) is 32.6 Å². The van der Waals surface area contributed by atoms with E-state index < -0.39 is 0 Å². The monoisotopic (exact) mass is 489 g/mol. The number of unbranched alkanes of at least 4 members (excludes halogenated alkanes) is 2. The maximum atomic E-state index is 13.5. The Hall–Kier alpha value is -2.35. The van der Waals surface area contributed by atoms with Gasteiger partial charge in [0.25, 0.3) is 5.91 Å². The summed E-state index contributed by atoms with van der Waals surface area (Å²) in [5.41, 5.74) is 1.27. The highest BCUT2D eigenvalue weighted by molar-refractivity contribution is 7.23. The number of carbonyl (C=O) groups excluding carboxylic acids is 1. The number of thiazole rings is 1. The van der Waals surface area contributed by atoms with Crippen molar-refractivity contribution in [3.8, 4) is 11.5 Å². The summed E-state index contributed by atoms with van der Waals surface area (Å²) in [5.74, 6) is 1.32. The van der Waals surface area contributed by atoms with Gasteiger partial charge in [-0.15, -0.1) is 0 Å². The van der Waals surface area contributed by atoms with Crippen LogP contribution in [-0.4, -0.2) is 56.7 Å². The van der Waals surface area contributed by atoms with Crippen LogP contribution >= 0.6 is 22.9 Å². The number of halogens is 1. The van der Waals surface area contributed by atoms with Crippen molar-refractivity contribution in [3.63, 3.8) is 0 Å². The van der Waals surface area contributed by atoms with Gasteiger partial charge in [-0.3, -0.25) is 9.69 Å². The van der Waals surface area contributed by atoms with E-state index in [9.17, 15) is 4.79 Å². The Morgan fingerprint density at radius 3 is 2.48 bits per heavy atom. The predicted molar refractivity (Wildman–Crippen MR) is 137 cm³/mol. The third-order valence-corrected chi connectivity index (χ3v) is 6.79. The molecule has 0 radical (unpaired) electrons. The summed E-state index contributed by atoms with van der Waals surface area (Å²) < 4.78 is 12.1. The highest BCUT2D eigenvalue weighted by atomic mass is 35.5. The molecule has 0 atom stereocenters. The first kappa shape index (κ1) is 25.3. The summed E-state index contributed by atoms with van der Waals surface area (Å²) in [7, 11) is 5.65. The minimum absolute atomic E-state index is 0.0968. The average molecular weight is 490 g/mol. The highest BCUT2D eigenvalue weighted by Gasteiger charge is 2.23. The summed E-state index contributed by atoms with van der Waals surface area (Å²) in [6.07, 6.45) is 4.15. The first-order valence-corrected chi connectivity index (χ1v) is 12.5. The van der Waals surface area contributed by atoms with E-state index in [1.807, 2.05) is 38.4 Å². The van der Waals surface area contributed by atoms with Gasteiger partial charge in [-0.1, -0.05) is 42.7 Å². The van der Waals surface area contributed by atoms with Crippen LogP contribution < -0.4 is 14.4 Å². The lowest BCUT2D eigenvalue weighted by Crippen LogP contribution is -2.33. The molecule has 0 aliphatic heterocycles. The highest BCUT2D eigenvalue weighted by Crippen LogP contribution is 2.39. The van der Waals surface area contributed by atoms with E-state index in [1.165, 1.54) is 11.3 Å². The van der Waals surface area contributed by atoms with Gasteiger partial charge < -0.3 is 14.4 Å². The minimum atomic E-state index is -0.0968. The third kappa shape index (κ3) is 6.59. The van der Waals surface area contributed by atoms with E-state index in [0.717, 1.165) is 42.7 Å². The molecule has 1 heterocycles. The van der Waals surface area contributed by atoms with Crippen molar-refractivity contribution in [1.82, 2.24) is 9.88 Å². The molecule has 0 saturated carbocycles. The number of rotatable bonds is 12. The first-order chi connectivity index (χ1) is 15.9. The van der Waals surface area contributed by atoms with Crippen LogP contribution in [0.4, 0.5) is 5.13 Å². The van der Waals surface area contributed by atoms with Gasteiger partial charge in [-0.25, -0.2) is 4.98 Å². The van der Waals surface area contributed by atoms with Crippen LogP contribution in [0.1, 0.15) is 43.0 Å². The van der Waals surface area contributed by atoms with Crippen LogP contribution in [0.5, 0.6) is 11.5 Å². The fourth-order valence-corrected chi connectivity index (χ4v) is 4.72. The Bertz CT molecular complexity index is 1050. The normalized spacial score (nSPS) is 11.2. The Morgan fingerprint density at radius 1 is 1.06 bits per heavy atom. The van der Waals surface area contributed by atoms with Crippen molar-refractivity contribution in [2.75, 3.05) is 45.8 Å².